The predicted molar refractivity (Wildman–Crippen MR) is 80.5 cm³/mol. The lowest BCUT2D eigenvalue weighted by Crippen LogP contribution is -2.59. The second-order valence-corrected chi connectivity index (χ2v) is 5.31. The number of non-ortho nitro benzene ring substituents is 1. The molecule has 1 saturated heterocycles. The van der Waals surface area contributed by atoms with Gasteiger partial charge in [-0.15, -0.1) is 0 Å². The number of nitrogens with zero attached hydrogens (tertiary/aromatic N) is 2. The first-order valence-corrected chi connectivity index (χ1v) is 7.00. The number of methoxy groups -OCH3 is 1. The van der Waals surface area contributed by atoms with Gasteiger partial charge in [0.15, 0.2) is 6.29 Å². The molecule has 0 aromatic heterocycles. The van der Waals surface area contributed by atoms with Gasteiger partial charge in [0, 0.05) is 13.2 Å². The van der Waals surface area contributed by atoms with Crippen LogP contribution >= 0.6 is 0 Å². The highest BCUT2D eigenvalue weighted by molar-refractivity contribution is 5.65. The second-order valence-electron chi connectivity index (χ2n) is 5.31. The highest BCUT2D eigenvalue weighted by Crippen LogP contribution is 2.32. The summed E-state index contributed by atoms with van der Waals surface area (Å²) < 4.78 is 10.3. The first kappa shape index (κ1) is 18.0. The van der Waals surface area contributed by atoms with Crippen molar-refractivity contribution in [2.24, 2.45) is 0 Å². The zero-order chi connectivity index (χ0) is 18.0. The lowest BCUT2D eigenvalue weighted by Gasteiger charge is -2.41. The van der Waals surface area contributed by atoms with Gasteiger partial charge in [0.25, 0.3) is 11.4 Å². The fraction of sp³-hybridized carbons (Fsp3) is 0.538. The van der Waals surface area contributed by atoms with Crippen LogP contribution in [0.2, 0.25) is 0 Å². The molecule has 0 aliphatic carbocycles. The third-order valence-electron chi connectivity index (χ3n) is 3.79. The van der Waals surface area contributed by atoms with Crippen LogP contribution in [0.5, 0.6) is 0 Å². The molecule has 5 atom stereocenters. The number of nitro groups is 2. The molecule has 11 nitrogen and oxygen atoms in total. The van der Waals surface area contributed by atoms with Gasteiger partial charge in [-0.2, -0.15) is 0 Å². The predicted octanol–water partition coefficient (Wildman–Crippen LogP) is 0.397. The van der Waals surface area contributed by atoms with Gasteiger partial charge in [-0.3, -0.25) is 20.2 Å². The van der Waals surface area contributed by atoms with E-state index in [1.807, 2.05) is 0 Å². The van der Waals surface area contributed by atoms with E-state index in [1.165, 1.54) is 13.2 Å². The molecule has 2 rings (SSSR count). The van der Waals surface area contributed by atoms with E-state index in [0.717, 1.165) is 12.1 Å². The molecular formula is C13H17N3O8. The van der Waals surface area contributed by atoms with Crippen molar-refractivity contribution in [1.82, 2.24) is 0 Å². The summed E-state index contributed by atoms with van der Waals surface area (Å²) in [5.74, 6) is 0. The van der Waals surface area contributed by atoms with E-state index >= 15 is 0 Å². The van der Waals surface area contributed by atoms with Gasteiger partial charge in [0.1, 0.15) is 17.9 Å². The molecule has 0 bridgehead atoms. The van der Waals surface area contributed by atoms with Gasteiger partial charge in [-0.25, -0.2) is 0 Å². The average Bonchev–Trinajstić information content (AvgIpc) is 2.54. The summed E-state index contributed by atoms with van der Waals surface area (Å²) in [7, 11) is 1.31. The first-order valence-electron chi connectivity index (χ1n) is 7.00. The maximum Gasteiger partial charge on any atom is 0.299 e. The van der Waals surface area contributed by atoms with E-state index in [1.54, 1.807) is 6.92 Å². The van der Waals surface area contributed by atoms with E-state index < -0.39 is 51.9 Å². The Morgan fingerprint density at radius 2 is 1.88 bits per heavy atom. The Balaban J connectivity index is 2.30. The summed E-state index contributed by atoms with van der Waals surface area (Å²) in [5, 5.41) is 44.7. The molecule has 1 fully saturated rings. The molecular weight excluding hydrogens is 326 g/mol. The van der Waals surface area contributed by atoms with E-state index in [2.05, 4.69) is 5.32 Å². The van der Waals surface area contributed by atoms with Gasteiger partial charge < -0.3 is 25.0 Å². The lowest BCUT2D eigenvalue weighted by molar-refractivity contribution is -0.393. The van der Waals surface area contributed by atoms with E-state index in [9.17, 15) is 30.4 Å². The molecule has 0 saturated carbocycles. The van der Waals surface area contributed by atoms with Crippen molar-refractivity contribution in [3.05, 3.63) is 38.4 Å². The Morgan fingerprint density at radius 3 is 2.42 bits per heavy atom. The van der Waals surface area contributed by atoms with Gasteiger partial charge in [0.05, 0.1) is 28.1 Å². The Morgan fingerprint density at radius 1 is 1.21 bits per heavy atom. The third kappa shape index (κ3) is 3.43. The van der Waals surface area contributed by atoms with E-state index in [-0.39, 0.29) is 5.69 Å². The van der Waals surface area contributed by atoms with Crippen molar-refractivity contribution in [1.29, 1.82) is 0 Å². The van der Waals surface area contributed by atoms with Crippen molar-refractivity contribution < 1.29 is 29.5 Å². The molecule has 11 heteroatoms. The number of nitro benzene ring substituents is 2. The summed E-state index contributed by atoms with van der Waals surface area (Å²) in [6.07, 6.45) is -4.36. The summed E-state index contributed by atoms with van der Waals surface area (Å²) in [6, 6.07) is 2.21. The molecule has 0 radical (unpaired) electrons. The van der Waals surface area contributed by atoms with Crippen molar-refractivity contribution in [3.8, 4) is 0 Å². The minimum Gasteiger partial charge on any atom is -0.388 e. The zero-order valence-corrected chi connectivity index (χ0v) is 12.9. The number of aliphatic hydroxyl groups excluding tert-OH is 2. The van der Waals surface area contributed by atoms with Crippen LogP contribution < -0.4 is 5.32 Å². The summed E-state index contributed by atoms with van der Waals surface area (Å²) in [4.78, 5) is 20.4. The van der Waals surface area contributed by atoms with Crippen molar-refractivity contribution in [3.63, 3.8) is 0 Å². The van der Waals surface area contributed by atoms with Crippen LogP contribution in [0.3, 0.4) is 0 Å². The van der Waals surface area contributed by atoms with Crippen LogP contribution in [-0.2, 0) is 9.47 Å². The molecule has 1 aliphatic rings. The van der Waals surface area contributed by atoms with Gasteiger partial charge >= 0.3 is 0 Å². The Kier molecular flexibility index (Phi) is 5.29. The monoisotopic (exact) mass is 343 g/mol. The number of ether oxygens (including phenoxy) is 2. The van der Waals surface area contributed by atoms with E-state index in [0.29, 0.717) is 0 Å². The number of anilines is 1. The topological polar surface area (TPSA) is 157 Å². The Bertz CT molecular complexity index is 640. The normalized spacial score (nSPS) is 29.9. The van der Waals surface area contributed by atoms with Crippen LogP contribution in [0.4, 0.5) is 17.1 Å². The van der Waals surface area contributed by atoms with Crippen molar-refractivity contribution in [2.75, 3.05) is 12.4 Å². The second kappa shape index (κ2) is 7.05. The summed E-state index contributed by atoms with van der Waals surface area (Å²) in [5.41, 5.74) is -0.986. The molecule has 132 valence electrons. The van der Waals surface area contributed by atoms with Gasteiger partial charge in [-0.05, 0) is 13.0 Å². The largest absolute Gasteiger partial charge is 0.388 e. The Hall–Kier alpha value is -2.34. The zero-order valence-electron chi connectivity index (χ0n) is 12.9. The molecule has 1 aromatic carbocycles. The maximum absolute atomic E-state index is 11.1. The number of rotatable bonds is 5. The SMILES string of the molecule is COC1OC(C)C(Nc2ccc([N+](=O)[O-])cc2[N+](=O)[O-])C(O)C1O. The fourth-order valence-electron chi connectivity index (χ4n) is 2.51. The Labute approximate surface area is 136 Å². The van der Waals surface area contributed by atoms with Crippen LogP contribution in [-0.4, -0.2) is 57.8 Å². The summed E-state index contributed by atoms with van der Waals surface area (Å²) >= 11 is 0. The highest BCUT2D eigenvalue weighted by Gasteiger charge is 2.43. The minimum atomic E-state index is -1.36. The van der Waals surface area contributed by atoms with Crippen LogP contribution in [0, 0.1) is 20.2 Å². The molecule has 24 heavy (non-hydrogen) atoms. The van der Waals surface area contributed by atoms with Crippen LogP contribution in [0.1, 0.15) is 6.92 Å². The van der Waals surface area contributed by atoms with Crippen LogP contribution in [0.25, 0.3) is 0 Å². The number of benzene rings is 1. The molecule has 0 spiro atoms. The molecule has 5 unspecified atom stereocenters. The van der Waals surface area contributed by atoms with E-state index in [4.69, 9.17) is 9.47 Å². The van der Waals surface area contributed by atoms with Crippen molar-refractivity contribution >= 4 is 17.1 Å². The van der Waals surface area contributed by atoms with Gasteiger partial charge in [-0.1, -0.05) is 0 Å². The van der Waals surface area contributed by atoms with Crippen LogP contribution in [0.15, 0.2) is 18.2 Å². The van der Waals surface area contributed by atoms with Crippen molar-refractivity contribution in [2.45, 2.75) is 37.6 Å². The molecule has 1 aliphatic heterocycles. The first-order chi connectivity index (χ1) is 11.3. The highest BCUT2D eigenvalue weighted by atomic mass is 16.7. The quantitative estimate of drug-likeness (QED) is 0.508. The molecule has 1 aromatic rings. The third-order valence-corrected chi connectivity index (χ3v) is 3.79. The number of aliphatic hydroxyl groups is 2. The maximum atomic E-state index is 11.1. The molecule has 0 amide bonds. The average molecular weight is 343 g/mol. The fourth-order valence-corrected chi connectivity index (χ4v) is 2.51. The van der Waals surface area contributed by atoms with Gasteiger partial charge in [0.2, 0.25) is 0 Å². The number of hydrogen-bond acceptors (Lipinski definition) is 9. The number of nitrogens with one attached hydrogen (secondary N) is 1. The molecule has 3 N–H and O–H groups in total. The number of hydrogen-bond donors (Lipinski definition) is 3. The summed E-state index contributed by atoms with van der Waals surface area (Å²) in [6.45, 7) is 1.59. The smallest absolute Gasteiger partial charge is 0.299 e. The standard InChI is InChI=1S/C13H17N3O8/c1-6-10(11(17)12(18)13(23-2)24-6)14-8-4-3-7(15(19)20)5-9(8)16(21)22/h3-6,10-14,17-18H,1-2H3. The minimum absolute atomic E-state index is 0.0341. The molecule has 1 heterocycles. The lowest BCUT2D eigenvalue weighted by atomic mass is 9.96.